The molecule has 2 nitrogen and oxygen atoms in total. The summed E-state index contributed by atoms with van der Waals surface area (Å²) in [5.41, 5.74) is 0.414. The Morgan fingerprint density at radius 2 is 1.93 bits per heavy atom. The van der Waals surface area contributed by atoms with Gasteiger partial charge in [-0.25, -0.2) is 0 Å². The van der Waals surface area contributed by atoms with Gasteiger partial charge in [-0.1, -0.05) is 20.8 Å². The highest BCUT2D eigenvalue weighted by Gasteiger charge is 2.38. The summed E-state index contributed by atoms with van der Waals surface area (Å²) < 4.78 is 0. The van der Waals surface area contributed by atoms with Crippen LogP contribution in [0.4, 0.5) is 0 Å². The monoisotopic (exact) mass is 210 g/mol. The molecule has 0 radical (unpaired) electrons. The third kappa shape index (κ3) is 2.21. The molecule has 2 heteroatoms. The van der Waals surface area contributed by atoms with E-state index in [9.17, 15) is 0 Å². The van der Waals surface area contributed by atoms with Crippen molar-refractivity contribution in [3.05, 3.63) is 0 Å². The van der Waals surface area contributed by atoms with Crippen LogP contribution >= 0.6 is 0 Å². The van der Waals surface area contributed by atoms with E-state index in [4.69, 9.17) is 0 Å². The average molecular weight is 210 g/mol. The molecule has 1 saturated carbocycles. The summed E-state index contributed by atoms with van der Waals surface area (Å²) in [6.07, 6.45) is 5.40. The summed E-state index contributed by atoms with van der Waals surface area (Å²) in [5, 5.41) is 3.73. The number of hydrogen-bond acceptors (Lipinski definition) is 2. The lowest BCUT2D eigenvalue weighted by atomic mass is 9.79. The smallest absolute Gasteiger partial charge is 0.0304 e. The molecule has 0 atom stereocenters. The predicted molar refractivity (Wildman–Crippen MR) is 65.1 cm³/mol. The maximum Gasteiger partial charge on any atom is 0.0304 e. The van der Waals surface area contributed by atoms with Gasteiger partial charge in [0.15, 0.2) is 0 Å². The molecule has 2 fully saturated rings. The molecule has 1 aliphatic heterocycles. The molecule has 0 aromatic rings. The first-order valence-electron chi connectivity index (χ1n) is 6.68. The fourth-order valence-electron chi connectivity index (χ4n) is 3.18. The minimum atomic E-state index is 0.414. The first-order chi connectivity index (χ1) is 7.19. The minimum absolute atomic E-state index is 0.414. The molecule has 0 aromatic carbocycles. The summed E-state index contributed by atoms with van der Waals surface area (Å²) in [6.45, 7) is 10.8. The number of nitrogens with zero attached hydrogens (tertiary/aromatic N) is 1. The lowest BCUT2D eigenvalue weighted by Crippen LogP contribution is -2.63. The van der Waals surface area contributed by atoms with E-state index in [0.717, 1.165) is 12.0 Å². The zero-order chi connectivity index (χ0) is 10.9. The van der Waals surface area contributed by atoms with Gasteiger partial charge in [0.2, 0.25) is 0 Å². The van der Waals surface area contributed by atoms with E-state index in [2.05, 4.69) is 31.0 Å². The van der Waals surface area contributed by atoms with Crippen molar-refractivity contribution in [2.45, 2.75) is 58.0 Å². The SMILES string of the molecule is CCC1(CC)CN(C2CC(C)C2)CCN1. The van der Waals surface area contributed by atoms with Crippen LogP contribution in [0, 0.1) is 5.92 Å². The van der Waals surface area contributed by atoms with Crippen molar-refractivity contribution in [3.63, 3.8) is 0 Å². The van der Waals surface area contributed by atoms with Crippen molar-refractivity contribution in [2.24, 2.45) is 5.92 Å². The Kier molecular flexibility index (Phi) is 3.36. The normalized spacial score (nSPS) is 36.2. The van der Waals surface area contributed by atoms with Crippen LogP contribution in [0.15, 0.2) is 0 Å². The Morgan fingerprint density at radius 3 is 2.47 bits per heavy atom. The highest BCUT2D eigenvalue weighted by molar-refractivity contribution is 4.97. The van der Waals surface area contributed by atoms with E-state index < -0.39 is 0 Å². The largest absolute Gasteiger partial charge is 0.309 e. The van der Waals surface area contributed by atoms with Crippen LogP contribution in [-0.4, -0.2) is 36.1 Å². The molecule has 1 saturated heterocycles. The number of nitrogens with one attached hydrogen (secondary N) is 1. The molecule has 1 heterocycles. The summed E-state index contributed by atoms with van der Waals surface area (Å²) in [6, 6.07) is 0.902. The molecule has 15 heavy (non-hydrogen) atoms. The lowest BCUT2D eigenvalue weighted by molar-refractivity contribution is 0.0290. The molecule has 88 valence electrons. The third-order valence-electron chi connectivity index (χ3n) is 4.62. The topological polar surface area (TPSA) is 15.3 Å². The van der Waals surface area contributed by atoms with Gasteiger partial charge in [-0.05, 0) is 31.6 Å². The first-order valence-corrected chi connectivity index (χ1v) is 6.68. The van der Waals surface area contributed by atoms with Gasteiger partial charge < -0.3 is 5.32 Å². The highest BCUT2D eigenvalue weighted by Crippen LogP contribution is 2.33. The van der Waals surface area contributed by atoms with E-state index in [1.165, 1.54) is 45.3 Å². The third-order valence-corrected chi connectivity index (χ3v) is 4.62. The van der Waals surface area contributed by atoms with Gasteiger partial charge in [-0.15, -0.1) is 0 Å². The molecule has 1 aliphatic carbocycles. The Morgan fingerprint density at radius 1 is 1.27 bits per heavy atom. The van der Waals surface area contributed by atoms with Gasteiger partial charge in [-0.3, -0.25) is 4.90 Å². The standard InChI is InChI=1S/C13H26N2/c1-4-13(5-2)10-15(7-6-14-13)12-8-11(3)9-12/h11-12,14H,4-10H2,1-3H3. The van der Waals surface area contributed by atoms with Crippen molar-refractivity contribution in [2.75, 3.05) is 19.6 Å². The lowest BCUT2D eigenvalue weighted by Gasteiger charge is -2.50. The summed E-state index contributed by atoms with van der Waals surface area (Å²) in [5.74, 6) is 0.975. The maximum atomic E-state index is 3.73. The van der Waals surface area contributed by atoms with E-state index in [0.29, 0.717) is 5.54 Å². The van der Waals surface area contributed by atoms with Gasteiger partial charge >= 0.3 is 0 Å². The summed E-state index contributed by atoms with van der Waals surface area (Å²) in [7, 11) is 0. The zero-order valence-electron chi connectivity index (χ0n) is 10.6. The van der Waals surface area contributed by atoms with Crippen LogP contribution < -0.4 is 5.32 Å². The van der Waals surface area contributed by atoms with E-state index in [1.54, 1.807) is 0 Å². The fourth-order valence-corrected chi connectivity index (χ4v) is 3.18. The number of piperazine rings is 1. The van der Waals surface area contributed by atoms with Crippen LogP contribution in [0.1, 0.15) is 46.5 Å². The van der Waals surface area contributed by atoms with Crippen molar-refractivity contribution < 1.29 is 0 Å². The van der Waals surface area contributed by atoms with Gasteiger partial charge in [0.25, 0.3) is 0 Å². The molecule has 0 bridgehead atoms. The van der Waals surface area contributed by atoms with Gasteiger partial charge in [0, 0.05) is 31.2 Å². The van der Waals surface area contributed by atoms with Crippen LogP contribution in [0.3, 0.4) is 0 Å². The van der Waals surface area contributed by atoms with Crippen LogP contribution in [0.5, 0.6) is 0 Å². The van der Waals surface area contributed by atoms with Crippen LogP contribution in [-0.2, 0) is 0 Å². The zero-order valence-corrected chi connectivity index (χ0v) is 10.6. The Bertz CT molecular complexity index is 205. The maximum absolute atomic E-state index is 3.73. The quantitative estimate of drug-likeness (QED) is 0.768. The first kappa shape index (κ1) is 11.4. The Labute approximate surface area is 94.4 Å². The fraction of sp³-hybridized carbons (Fsp3) is 1.00. The molecule has 2 aliphatic rings. The Hall–Kier alpha value is -0.0800. The van der Waals surface area contributed by atoms with Crippen LogP contribution in [0.2, 0.25) is 0 Å². The second-order valence-electron chi connectivity index (χ2n) is 5.62. The van der Waals surface area contributed by atoms with Crippen molar-refractivity contribution in [1.29, 1.82) is 0 Å². The van der Waals surface area contributed by atoms with E-state index in [-0.39, 0.29) is 0 Å². The van der Waals surface area contributed by atoms with Crippen LogP contribution in [0.25, 0.3) is 0 Å². The van der Waals surface area contributed by atoms with Crippen molar-refractivity contribution in [1.82, 2.24) is 10.2 Å². The molecule has 0 amide bonds. The average Bonchev–Trinajstić information content (AvgIpc) is 2.25. The Balaban J connectivity index is 1.92. The van der Waals surface area contributed by atoms with Crippen molar-refractivity contribution >= 4 is 0 Å². The second-order valence-corrected chi connectivity index (χ2v) is 5.62. The molecule has 2 rings (SSSR count). The molecule has 1 N–H and O–H groups in total. The van der Waals surface area contributed by atoms with Gasteiger partial charge in [0.1, 0.15) is 0 Å². The van der Waals surface area contributed by atoms with Gasteiger partial charge in [0.05, 0.1) is 0 Å². The molecular weight excluding hydrogens is 184 g/mol. The predicted octanol–water partition coefficient (Wildman–Crippen LogP) is 2.25. The second kappa shape index (κ2) is 4.42. The van der Waals surface area contributed by atoms with Gasteiger partial charge in [-0.2, -0.15) is 0 Å². The van der Waals surface area contributed by atoms with Crippen molar-refractivity contribution in [3.8, 4) is 0 Å². The van der Waals surface area contributed by atoms with E-state index in [1.807, 2.05) is 0 Å². The minimum Gasteiger partial charge on any atom is -0.309 e. The number of hydrogen-bond donors (Lipinski definition) is 1. The highest BCUT2D eigenvalue weighted by atomic mass is 15.2. The summed E-state index contributed by atoms with van der Waals surface area (Å²) >= 11 is 0. The molecular formula is C13H26N2. The summed E-state index contributed by atoms with van der Waals surface area (Å²) in [4.78, 5) is 2.74. The number of rotatable bonds is 3. The molecule has 0 unspecified atom stereocenters. The molecule has 0 spiro atoms. The van der Waals surface area contributed by atoms with E-state index >= 15 is 0 Å². The molecule has 0 aromatic heterocycles.